The molecule has 2 aliphatic rings. The van der Waals surface area contributed by atoms with E-state index in [9.17, 15) is 4.79 Å². The molecule has 3 aromatic carbocycles. The van der Waals surface area contributed by atoms with Crippen molar-refractivity contribution in [3.05, 3.63) is 82.9 Å². The van der Waals surface area contributed by atoms with Crippen molar-refractivity contribution in [2.24, 2.45) is 0 Å². The van der Waals surface area contributed by atoms with Crippen molar-refractivity contribution in [2.45, 2.75) is 5.54 Å². The van der Waals surface area contributed by atoms with Crippen LogP contribution in [0.15, 0.2) is 60.7 Å². The van der Waals surface area contributed by atoms with E-state index in [1.54, 1.807) is 13.2 Å². The molecule has 128 valence electrons. The highest BCUT2D eigenvalue weighted by Gasteiger charge is 2.50. The first-order chi connectivity index (χ1) is 12.6. The summed E-state index contributed by atoms with van der Waals surface area (Å²) in [5, 5.41) is 3.20. The molecule has 5 heteroatoms. The maximum absolute atomic E-state index is 12.7. The van der Waals surface area contributed by atoms with Crippen LogP contribution >= 0.6 is 0 Å². The summed E-state index contributed by atoms with van der Waals surface area (Å²) in [5.41, 5.74) is 9.07. The summed E-state index contributed by atoms with van der Waals surface area (Å²) in [6, 6.07) is 18.8. The lowest BCUT2D eigenvalue weighted by molar-refractivity contribution is 0.0947. The van der Waals surface area contributed by atoms with Crippen molar-refractivity contribution in [3.8, 4) is 17.2 Å². The zero-order valence-corrected chi connectivity index (χ0v) is 14.1. The van der Waals surface area contributed by atoms with Crippen LogP contribution in [0.4, 0.5) is 5.69 Å². The second-order valence-electron chi connectivity index (χ2n) is 6.47. The molecule has 0 bridgehead atoms. The van der Waals surface area contributed by atoms with E-state index in [4.69, 9.17) is 15.2 Å². The maximum atomic E-state index is 12.7. The Morgan fingerprint density at radius 3 is 2.50 bits per heavy atom. The Balaban J connectivity index is 1.88. The smallest absolute Gasteiger partial charge is 0.252 e. The van der Waals surface area contributed by atoms with Crippen molar-refractivity contribution >= 4 is 11.6 Å². The van der Waals surface area contributed by atoms with Crippen LogP contribution in [0.3, 0.4) is 0 Å². The van der Waals surface area contributed by atoms with E-state index in [1.165, 1.54) is 0 Å². The molecule has 2 aliphatic heterocycles. The first kappa shape index (κ1) is 14.8. The molecule has 0 aliphatic carbocycles. The number of hydrogen-bond acceptors (Lipinski definition) is 4. The quantitative estimate of drug-likeness (QED) is 0.664. The molecule has 0 saturated carbocycles. The Kier molecular flexibility index (Phi) is 2.86. The minimum absolute atomic E-state index is 0.105. The van der Waals surface area contributed by atoms with Crippen LogP contribution in [-0.4, -0.2) is 13.0 Å². The van der Waals surface area contributed by atoms with E-state index >= 15 is 0 Å². The highest BCUT2D eigenvalue weighted by atomic mass is 16.5. The second kappa shape index (κ2) is 5.02. The molecule has 5 rings (SSSR count). The number of nitrogens with two attached hydrogens (primary N) is 1. The van der Waals surface area contributed by atoms with E-state index in [2.05, 4.69) is 5.32 Å². The number of carbonyl (C=O) groups excluding carboxylic acids is 1. The largest absolute Gasteiger partial charge is 0.497 e. The second-order valence-corrected chi connectivity index (χ2v) is 6.47. The Morgan fingerprint density at radius 2 is 1.69 bits per heavy atom. The van der Waals surface area contributed by atoms with Crippen molar-refractivity contribution in [2.75, 3.05) is 12.8 Å². The fraction of sp³-hybridized carbons (Fsp3) is 0.0952. The summed E-state index contributed by atoms with van der Waals surface area (Å²) in [6.45, 7) is 0. The third-order valence-electron chi connectivity index (χ3n) is 5.10. The lowest BCUT2D eigenvalue weighted by atomic mass is 9.75. The molecule has 2 heterocycles. The zero-order chi connectivity index (χ0) is 17.9. The van der Waals surface area contributed by atoms with Gasteiger partial charge in [-0.3, -0.25) is 4.79 Å². The number of ether oxygens (including phenoxy) is 2. The maximum Gasteiger partial charge on any atom is 0.252 e. The lowest BCUT2D eigenvalue weighted by Crippen LogP contribution is -2.43. The summed E-state index contributed by atoms with van der Waals surface area (Å²) >= 11 is 0. The molecule has 0 saturated heterocycles. The number of hydrogen-bond donors (Lipinski definition) is 2. The number of rotatable bonds is 1. The molecular formula is C21H16N2O3. The molecular weight excluding hydrogens is 328 g/mol. The van der Waals surface area contributed by atoms with Gasteiger partial charge in [0.25, 0.3) is 5.91 Å². The molecule has 0 radical (unpaired) electrons. The van der Waals surface area contributed by atoms with Crippen molar-refractivity contribution < 1.29 is 14.3 Å². The fourth-order valence-electron chi connectivity index (χ4n) is 3.96. The van der Waals surface area contributed by atoms with Crippen molar-refractivity contribution in [3.63, 3.8) is 0 Å². The number of carbonyl (C=O) groups is 1. The van der Waals surface area contributed by atoms with E-state index in [0.717, 1.165) is 16.7 Å². The highest BCUT2D eigenvalue weighted by Crippen LogP contribution is 2.53. The Hall–Kier alpha value is -3.47. The molecule has 1 atom stereocenters. The summed E-state index contributed by atoms with van der Waals surface area (Å²) in [7, 11) is 1.61. The number of nitrogens with one attached hydrogen (secondary N) is 1. The minimum atomic E-state index is -0.809. The minimum Gasteiger partial charge on any atom is -0.497 e. The predicted molar refractivity (Wildman–Crippen MR) is 97.7 cm³/mol. The third kappa shape index (κ3) is 1.77. The first-order valence-corrected chi connectivity index (χ1v) is 8.32. The van der Waals surface area contributed by atoms with Gasteiger partial charge in [-0.15, -0.1) is 0 Å². The van der Waals surface area contributed by atoms with Gasteiger partial charge in [-0.05, 0) is 29.8 Å². The van der Waals surface area contributed by atoms with Crippen LogP contribution in [0.1, 0.15) is 27.0 Å². The van der Waals surface area contributed by atoms with Gasteiger partial charge in [0.1, 0.15) is 22.8 Å². The standard InChI is InChI=1S/C21H16N2O3/c1-25-13-7-9-17-19(11-13)26-18-10-12(22)6-8-16(18)21(17)15-5-3-2-4-14(15)20(24)23-21/h2-11H,22H2,1H3,(H,23,24). The van der Waals surface area contributed by atoms with Gasteiger partial charge in [0, 0.05) is 34.5 Å². The number of methoxy groups -OCH3 is 1. The number of anilines is 1. The van der Waals surface area contributed by atoms with E-state index in [1.807, 2.05) is 54.6 Å². The monoisotopic (exact) mass is 344 g/mol. The zero-order valence-electron chi connectivity index (χ0n) is 14.1. The fourth-order valence-corrected chi connectivity index (χ4v) is 3.96. The first-order valence-electron chi connectivity index (χ1n) is 8.32. The number of fused-ring (bicyclic) bond motifs is 6. The van der Waals surface area contributed by atoms with Gasteiger partial charge < -0.3 is 20.5 Å². The van der Waals surface area contributed by atoms with E-state index < -0.39 is 5.54 Å². The number of benzene rings is 3. The Morgan fingerprint density at radius 1 is 0.962 bits per heavy atom. The van der Waals surface area contributed by atoms with Gasteiger partial charge in [0.05, 0.1) is 7.11 Å². The number of amides is 1. The van der Waals surface area contributed by atoms with Gasteiger partial charge in [-0.2, -0.15) is 0 Å². The van der Waals surface area contributed by atoms with Gasteiger partial charge in [0.2, 0.25) is 0 Å². The third-order valence-corrected chi connectivity index (χ3v) is 5.10. The normalized spacial score (nSPS) is 19.2. The van der Waals surface area contributed by atoms with Crippen LogP contribution in [0.5, 0.6) is 17.2 Å². The van der Waals surface area contributed by atoms with E-state index in [0.29, 0.717) is 28.5 Å². The average Bonchev–Trinajstić information content (AvgIpc) is 2.95. The van der Waals surface area contributed by atoms with Gasteiger partial charge in [-0.1, -0.05) is 24.3 Å². The van der Waals surface area contributed by atoms with Crippen LogP contribution in [0, 0.1) is 0 Å². The average molecular weight is 344 g/mol. The molecule has 1 unspecified atom stereocenters. The predicted octanol–water partition coefficient (Wildman–Crippen LogP) is 3.42. The highest BCUT2D eigenvalue weighted by molar-refractivity contribution is 6.02. The summed E-state index contributed by atoms with van der Waals surface area (Å²) < 4.78 is 11.5. The van der Waals surface area contributed by atoms with Gasteiger partial charge in [-0.25, -0.2) is 0 Å². The van der Waals surface area contributed by atoms with Crippen LogP contribution in [0.2, 0.25) is 0 Å². The molecule has 1 amide bonds. The van der Waals surface area contributed by atoms with Crippen LogP contribution < -0.4 is 20.5 Å². The molecule has 3 aromatic rings. The Labute approximate surface area is 150 Å². The molecule has 5 nitrogen and oxygen atoms in total. The molecule has 1 spiro atoms. The SMILES string of the molecule is COc1ccc2c(c1)Oc1cc(N)ccc1C21NC(=O)c2ccccc21. The molecule has 0 aromatic heterocycles. The topological polar surface area (TPSA) is 73.6 Å². The van der Waals surface area contributed by atoms with Gasteiger partial charge >= 0.3 is 0 Å². The van der Waals surface area contributed by atoms with E-state index in [-0.39, 0.29) is 5.91 Å². The summed E-state index contributed by atoms with van der Waals surface area (Å²) in [5.74, 6) is 1.85. The summed E-state index contributed by atoms with van der Waals surface area (Å²) in [4.78, 5) is 12.7. The van der Waals surface area contributed by atoms with Gasteiger partial charge in [0.15, 0.2) is 0 Å². The molecule has 0 fully saturated rings. The van der Waals surface area contributed by atoms with Crippen LogP contribution in [-0.2, 0) is 5.54 Å². The van der Waals surface area contributed by atoms with Crippen molar-refractivity contribution in [1.82, 2.24) is 5.32 Å². The van der Waals surface area contributed by atoms with Crippen LogP contribution in [0.25, 0.3) is 0 Å². The van der Waals surface area contributed by atoms with Crippen molar-refractivity contribution in [1.29, 1.82) is 0 Å². The number of nitrogen functional groups attached to an aromatic ring is 1. The Bertz CT molecular complexity index is 1080. The summed E-state index contributed by atoms with van der Waals surface area (Å²) in [6.07, 6.45) is 0. The molecule has 26 heavy (non-hydrogen) atoms. The lowest BCUT2D eigenvalue weighted by Gasteiger charge is -2.38. The molecule has 3 N–H and O–H groups in total.